The first kappa shape index (κ1) is 27.3. The number of hydrogen-bond acceptors (Lipinski definition) is 11. The van der Waals surface area contributed by atoms with Crippen LogP contribution >= 0.6 is 12.0 Å². The van der Waals surface area contributed by atoms with Crippen LogP contribution in [0.15, 0.2) is 59.5 Å². The Morgan fingerprint density at radius 2 is 1.37 bits per heavy atom. The van der Waals surface area contributed by atoms with Gasteiger partial charge in [0.2, 0.25) is 0 Å². The van der Waals surface area contributed by atoms with Crippen molar-refractivity contribution in [1.29, 1.82) is 0 Å². The summed E-state index contributed by atoms with van der Waals surface area (Å²) in [7, 11) is 0. The van der Waals surface area contributed by atoms with Crippen LogP contribution in [0.3, 0.4) is 0 Å². The van der Waals surface area contributed by atoms with Gasteiger partial charge in [0.05, 0.1) is 11.1 Å². The molecule has 38 heavy (non-hydrogen) atoms. The second kappa shape index (κ2) is 11.8. The molecule has 11 nitrogen and oxygen atoms in total. The van der Waals surface area contributed by atoms with E-state index in [0.717, 1.165) is 30.8 Å². The predicted octanol–water partition coefficient (Wildman–Crippen LogP) is 2.53. The number of ether oxygens (including phenoxy) is 4. The molecular weight excluding hydrogens is 518 g/mol. The number of carbonyl (C=O) groups excluding carboxylic acids is 5. The van der Waals surface area contributed by atoms with Crippen molar-refractivity contribution in [1.82, 2.24) is 4.90 Å². The van der Waals surface area contributed by atoms with Crippen molar-refractivity contribution in [3.63, 3.8) is 0 Å². The summed E-state index contributed by atoms with van der Waals surface area (Å²) in [5.41, 5.74) is 0.305. The second-order valence-corrected chi connectivity index (χ2v) is 9.33. The predicted molar refractivity (Wildman–Crippen MR) is 131 cm³/mol. The molecule has 2 aliphatic heterocycles. The molecule has 2 aromatic carbocycles. The number of hydrogen-bond donors (Lipinski definition) is 0. The summed E-state index contributed by atoms with van der Waals surface area (Å²) in [6.07, 6.45) is -5.28. The smallest absolute Gasteiger partial charge is 0.303 e. The average molecular weight is 544 g/mol. The van der Waals surface area contributed by atoms with E-state index in [1.165, 1.54) is 19.1 Å². The van der Waals surface area contributed by atoms with Crippen LogP contribution in [-0.4, -0.2) is 71.9 Å². The maximum absolute atomic E-state index is 13.5. The van der Waals surface area contributed by atoms with E-state index in [1.807, 2.05) is 6.07 Å². The number of benzene rings is 2. The van der Waals surface area contributed by atoms with Gasteiger partial charge in [-0.25, -0.2) is 0 Å². The van der Waals surface area contributed by atoms with Gasteiger partial charge < -0.3 is 18.9 Å². The minimum absolute atomic E-state index is 0.152. The molecule has 0 bridgehead atoms. The third kappa shape index (κ3) is 5.87. The minimum atomic E-state index is -1.41. The number of amides is 2. The third-order valence-electron chi connectivity index (χ3n) is 5.78. The monoisotopic (exact) mass is 543 g/mol. The zero-order valence-electron chi connectivity index (χ0n) is 20.7. The summed E-state index contributed by atoms with van der Waals surface area (Å²) in [4.78, 5) is 64.3. The first-order valence-corrected chi connectivity index (χ1v) is 12.4. The number of carbonyl (C=O) groups is 5. The van der Waals surface area contributed by atoms with E-state index in [2.05, 4.69) is 0 Å². The van der Waals surface area contributed by atoms with Gasteiger partial charge in [0.1, 0.15) is 18.8 Å². The molecule has 2 aromatic rings. The SMILES string of the molecule is CC(=O)OC[C@H]1O[C@@H](OSc2ccccc2)[C@H](N2C(=O)c3ccccc3C2=O)[C@@H](OC(C)=O)[C@H]1OC(C)=O. The Bertz CT molecular complexity index is 1200. The fourth-order valence-electron chi connectivity index (χ4n) is 4.29. The Morgan fingerprint density at radius 3 is 1.92 bits per heavy atom. The summed E-state index contributed by atoms with van der Waals surface area (Å²) < 4.78 is 28.2. The van der Waals surface area contributed by atoms with Gasteiger partial charge in [-0.05, 0) is 24.3 Å². The van der Waals surface area contributed by atoms with Gasteiger partial charge >= 0.3 is 17.9 Å². The van der Waals surface area contributed by atoms with Crippen LogP contribution in [0.4, 0.5) is 0 Å². The lowest BCUT2D eigenvalue weighted by Gasteiger charge is -2.46. The van der Waals surface area contributed by atoms with Crippen LogP contribution < -0.4 is 0 Å². The summed E-state index contributed by atoms with van der Waals surface area (Å²) in [5, 5.41) is 0. The number of imide groups is 1. The second-order valence-electron chi connectivity index (χ2n) is 8.50. The van der Waals surface area contributed by atoms with Gasteiger partial charge in [-0.3, -0.25) is 33.1 Å². The summed E-state index contributed by atoms with van der Waals surface area (Å²) >= 11 is 0.908. The number of fused-ring (bicyclic) bond motifs is 1. The molecule has 0 saturated carbocycles. The first-order valence-electron chi connectivity index (χ1n) is 11.7. The van der Waals surface area contributed by atoms with E-state index in [4.69, 9.17) is 23.1 Å². The molecule has 1 saturated heterocycles. The molecule has 200 valence electrons. The fraction of sp³-hybridized carbons (Fsp3) is 0.346. The van der Waals surface area contributed by atoms with Crippen molar-refractivity contribution in [2.75, 3.05) is 6.61 Å². The van der Waals surface area contributed by atoms with E-state index in [-0.39, 0.29) is 17.7 Å². The van der Waals surface area contributed by atoms with Crippen LogP contribution in [0.25, 0.3) is 0 Å². The van der Waals surface area contributed by atoms with Crippen molar-refractivity contribution in [2.45, 2.75) is 56.3 Å². The van der Waals surface area contributed by atoms with E-state index in [9.17, 15) is 24.0 Å². The van der Waals surface area contributed by atoms with E-state index < -0.39 is 60.4 Å². The standard InChI is InChI=1S/C26H25NO10S/c1-14(28)33-13-20-22(34-15(2)29)23(35-16(3)30)21(26(36-20)37-38-17-9-5-4-6-10-17)27-24(31)18-11-7-8-12-19(18)25(27)32/h4-12,20-23,26H,13H2,1-3H3/t20-,21-,22+,23-,26+/m1/s1. The molecular formula is C26H25NO10S. The topological polar surface area (TPSA) is 135 Å². The summed E-state index contributed by atoms with van der Waals surface area (Å²) in [6.45, 7) is 3.08. The molecule has 12 heteroatoms. The first-order chi connectivity index (χ1) is 18.2. The largest absolute Gasteiger partial charge is 0.463 e. The fourth-order valence-corrected chi connectivity index (χ4v) is 4.93. The van der Waals surface area contributed by atoms with Crippen molar-refractivity contribution < 1.29 is 47.1 Å². The maximum Gasteiger partial charge on any atom is 0.303 e. The highest BCUT2D eigenvalue weighted by Gasteiger charge is 2.57. The molecule has 2 amide bonds. The Labute approximate surface area is 222 Å². The molecule has 2 heterocycles. The van der Waals surface area contributed by atoms with Crippen molar-refractivity contribution >= 4 is 41.8 Å². The molecule has 1 fully saturated rings. The summed E-state index contributed by atoms with van der Waals surface area (Å²) in [5.74, 6) is -3.46. The highest BCUT2D eigenvalue weighted by Crippen LogP contribution is 2.37. The van der Waals surface area contributed by atoms with E-state index >= 15 is 0 Å². The lowest BCUT2D eigenvalue weighted by Crippen LogP contribution is -2.67. The molecule has 0 spiro atoms. The van der Waals surface area contributed by atoms with Crippen molar-refractivity contribution in [3.8, 4) is 0 Å². The zero-order valence-corrected chi connectivity index (χ0v) is 21.5. The van der Waals surface area contributed by atoms with E-state index in [1.54, 1.807) is 36.4 Å². The molecule has 0 N–H and O–H groups in total. The lowest BCUT2D eigenvalue weighted by atomic mass is 9.95. The molecule has 0 aromatic heterocycles. The minimum Gasteiger partial charge on any atom is -0.463 e. The maximum atomic E-state index is 13.5. The van der Waals surface area contributed by atoms with Crippen LogP contribution in [0.2, 0.25) is 0 Å². The van der Waals surface area contributed by atoms with Gasteiger partial charge in [-0.2, -0.15) is 0 Å². The molecule has 0 aliphatic carbocycles. The van der Waals surface area contributed by atoms with E-state index in [0.29, 0.717) is 4.90 Å². The van der Waals surface area contributed by atoms with Crippen molar-refractivity contribution in [3.05, 3.63) is 65.7 Å². The third-order valence-corrected chi connectivity index (χ3v) is 6.53. The normalized spacial score (nSPS) is 24.5. The molecule has 5 atom stereocenters. The Hall–Kier alpha value is -3.74. The van der Waals surface area contributed by atoms with Crippen LogP contribution in [0, 0.1) is 0 Å². The molecule has 4 rings (SSSR count). The van der Waals surface area contributed by atoms with Gasteiger partial charge in [0.25, 0.3) is 11.8 Å². The van der Waals surface area contributed by atoms with Crippen LogP contribution in [-0.2, 0) is 37.5 Å². The molecule has 0 radical (unpaired) electrons. The van der Waals surface area contributed by atoms with Crippen LogP contribution in [0.5, 0.6) is 0 Å². The highest BCUT2D eigenvalue weighted by atomic mass is 32.2. The van der Waals surface area contributed by atoms with Gasteiger partial charge in [0.15, 0.2) is 18.5 Å². The molecule has 2 aliphatic rings. The van der Waals surface area contributed by atoms with Gasteiger partial charge in [-0.1, -0.05) is 30.3 Å². The zero-order chi connectivity index (χ0) is 27.4. The van der Waals surface area contributed by atoms with Crippen molar-refractivity contribution in [2.24, 2.45) is 0 Å². The Morgan fingerprint density at radius 1 is 0.816 bits per heavy atom. The average Bonchev–Trinajstić information content (AvgIpc) is 3.13. The quantitative estimate of drug-likeness (QED) is 0.210. The highest BCUT2D eigenvalue weighted by molar-refractivity contribution is 7.94. The van der Waals surface area contributed by atoms with Gasteiger partial charge in [-0.15, -0.1) is 0 Å². The number of nitrogens with zero attached hydrogens (tertiary/aromatic N) is 1. The van der Waals surface area contributed by atoms with Gasteiger partial charge in [0, 0.05) is 37.7 Å². The number of rotatable bonds is 8. The molecule has 0 unspecified atom stereocenters. The Balaban J connectivity index is 1.77. The Kier molecular flexibility index (Phi) is 8.45. The van der Waals surface area contributed by atoms with Crippen LogP contribution in [0.1, 0.15) is 41.5 Å². The summed E-state index contributed by atoms with van der Waals surface area (Å²) in [6, 6.07) is 13.8. The number of esters is 3. The lowest BCUT2D eigenvalue weighted by molar-refractivity contribution is -0.262.